The van der Waals surface area contributed by atoms with Crippen molar-refractivity contribution in [3.63, 3.8) is 0 Å². The maximum Gasteiger partial charge on any atom is 0.233 e. The van der Waals surface area contributed by atoms with Crippen molar-refractivity contribution < 1.29 is 9.32 Å². The predicted molar refractivity (Wildman–Crippen MR) is 88.5 cm³/mol. The number of aromatic nitrogens is 5. The van der Waals surface area contributed by atoms with Crippen LogP contribution in [0.5, 0.6) is 0 Å². The molecule has 1 fully saturated rings. The van der Waals surface area contributed by atoms with Gasteiger partial charge in [-0.05, 0) is 6.92 Å². The number of hydrogen-bond donors (Lipinski definition) is 0. The molecule has 1 amide bonds. The summed E-state index contributed by atoms with van der Waals surface area (Å²) in [6.07, 6.45) is 2.07. The number of rotatable bonds is 5. The molecule has 1 aromatic carbocycles. The zero-order chi connectivity index (χ0) is 17.2. The van der Waals surface area contributed by atoms with E-state index in [2.05, 4.69) is 20.5 Å². The van der Waals surface area contributed by atoms with E-state index in [0.29, 0.717) is 30.5 Å². The molecule has 1 aliphatic rings. The van der Waals surface area contributed by atoms with Crippen LogP contribution in [0.3, 0.4) is 0 Å². The molecule has 8 heteroatoms. The predicted octanol–water partition coefficient (Wildman–Crippen LogP) is 1.52. The third-order valence-corrected chi connectivity index (χ3v) is 4.30. The van der Waals surface area contributed by atoms with Gasteiger partial charge in [0.25, 0.3) is 0 Å². The lowest BCUT2D eigenvalue weighted by molar-refractivity contribution is -0.135. The van der Waals surface area contributed by atoms with Gasteiger partial charge in [-0.3, -0.25) is 9.48 Å². The molecule has 1 saturated heterocycles. The highest BCUT2D eigenvalue weighted by Gasteiger charge is 2.35. The van der Waals surface area contributed by atoms with Gasteiger partial charge in [0.1, 0.15) is 0 Å². The Hall–Kier alpha value is -3.03. The summed E-state index contributed by atoms with van der Waals surface area (Å²) in [4.78, 5) is 18.5. The van der Waals surface area contributed by atoms with Gasteiger partial charge in [0, 0.05) is 31.4 Å². The smallest absolute Gasteiger partial charge is 0.233 e. The minimum absolute atomic E-state index is 0.0437. The number of nitrogens with zero attached hydrogens (tertiary/aromatic N) is 6. The van der Waals surface area contributed by atoms with Gasteiger partial charge in [0.05, 0.1) is 18.0 Å². The first-order valence-corrected chi connectivity index (χ1v) is 8.28. The van der Waals surface area contributed by atoms with Crippen LogP contribution < -0.4 is 0 Å². The van der Waals surface area contributed by atoms with Crippen LogP contribution in [0.15, 0.2) is 41.1 Å². The lowest BCUT2D eigenvalue weighted by atomic mass is 9.99. The Morgan fingerprint density at radius 1 is 1.28 bits per heavy atom. The Labute approximate surface area is 144 Å². The van der Waals surface area contributed by atoms with Crippen LogP contribution in [0.4, 0.5) is 0 Å². The van der Waals surface area contributed by atoms with Crippen molar-refractivity contribution in [3.8, 4) is 11.4 Å². The van der Waals surface area contributed by atoms with Crippen molar-refractivity contribution in [2.45, 2.75) is 25.8 Å². The van der Waals surface area contributed by atoms with Crippen LogP contribution in [0.2, 0.25) is 0 Å². The SMILES string of the molecule is CCn1cc(CC(=O)N2CC(c3nc(-c4ccccc4)no3)C2)nn1. The van der Waals surface area contributed by atoms with Crippen LogP contribution in [0.1, 0.15) is 24.4 Å². The number of carbonyl (C=O) groups excluding carboxylic acids is 1. The quantitative estimate of drug-likeness (QED) is 0.700. The topological polar surface area (TPSA) is 89.9 Å². The third kappa shape index (κ3) is 3.15. The summed E-state index contributed by atoms with van der Waals surface area (Å²) in [5, 5.41) is 12.0. The Bertz CT molecular complexity index is 866. The minimum atomic E-state index is 0.0437. The van der Waals surface area contributed by atoms with Gasteiger partial charge in [-0.25, -0.2) is 0 Å². The van der Waals surface area contributed by atoms with E-state index < -0.39 is 0 Å². The highest BCUT2D eigenvalue weighted by molar-refractivity contribution is 5.79. The summed E-state index contributed by atoms with van der Waals surface area (Å²) in [6.45, 7) is 3.91. The molecule has 3 aromatic rings. The summed E-state index contributed by atoms with van der Waals surface area (Å²) < 4.78 is 7.08. The summed E-state index contributed by atoms with van der Waals surface area (Å²) in [5.41, 5.74) is 1.61. The molecular formula is C17H18N6O2. The van der Waals surface area contributed by atoms with Crippen molar-refractivity contribution in [2.75, 3.05) is 13.1 Å². The van der Waals surface area contributed by atoms with Gasteiger partial charge in [0.2, 0.25) is 17.6 Å². The van der Waals surface area contributed by atoms with E-state index in [4.69, 9.17) is 4.52 Å². The molecule has 2 aromatic heterocycles. The Morgan fingerprint density at radius 2 is 2.08 bits per heavy atom. The van der Waals surface area contributed by atoms with E-state index in [0.717, 1.165) is 12.1 Å². The van der Waals surface area contributed by atoms with Crippen molar-refractivity contribution >= 4 is 5.91 Å². The molecule has 1 aliphatic heterocycles. The van der Waals surface area contributed by atoms with Crippen LogP contribution in [-0.4, -0.2) is 49.0 Å². The molecule has 0 saturated carbocycles. The Morgan fingerprint density at radius 3 is 2.80 bits per heavy atom. The molecule has 0 N–H and O–H groups in total. The fourth-order valence-electron chi connectivity index (χ4n) is 2.78. The second-order valence-corrected chi connectivity index (χ2v) is 6.06. The summed E-state index contributed by atoms with van der Waals surface area (Å²) in [5.74, 6) is 1.30. The molecule has 3 heterocycles. The zero-order valence-electron chi connectivity index (χ0n) is 13.9. The normalized spacial score (nSPS) is 14.5. The average molecular weight is 338 g/mol. The van der Waals surface area contributed by atoms with Gasteiger partial charge in [-0.15, -0.1) is 5.10 Å². The average Bonchev–Trinajstić information content (AvgIpc) is 3.24. The highest BCUT2D eigenvalue weighted by atomic mass is 16.5. The molecule has 0 aliphatic carbocycles. The maximum absolute atomic E-state index is 12.3. The van der Waals surface area contributed by atoms with Gasteiger partial charge < -0.3 is 9.42 Å². The molecule has 0 unspecified atom stereocenters. The van der Waals surface area contributed by atoms with Crippen LogP contribution in [0, 0.1) is 0 Å². The van der Waals surface area contributed by atoms with Gasteiger partial charge >= 0.3 is 0 Å². The molecular weight excluding hydrogens is 320 g/mol. The number of likely N-dealkylation sites (tertiary alicyclic amines) is 1. The number of carbonyl (C=O) groups is 1. The van der Waals surface area contributed by atoms with Crippen molar-refractivity contribution in [2.24, 2.45) is 0 Å². The minimum Gasteiger partial charge on any atom is -0.341 e. The number of amides is 1. The largest absolute Gasteiger partial charge is 0.341 e. The summed E-state index contributed by atoms with van der Waals surface area (Å²) in [6, 6.07) is 9.69. The van der Waals surface area contributed by atoms with E-state index in [1.54, 1.807) is 15.8 Å². The van der Waals surface area contributed by atoms with Gasteiger partial charge in [-0.1, -0.05) is 40.7 Å². The molecule has 0 spiro atoms. The van der Waals surface area contributed by atoms with Gasteiger partial charge in [-0.2, -0.15) is 4.98 Å². The van der Waals surface area contributed by atoms with Crippen molar-refractivity contribution in [1.29, 1.82) is 0 Å². The first-order valence-electron chi connectivity index (χ1n) is 8.28. The first-order chi connectivity index (χ1) is 12.2. The van der Waals surface area contributed by atoms with E-state index in [-0.39, 0.29) is 18.2 Å². The van der Waals surface area contributed by atoms with E-state index in [1.807, 2.05) is 37.3 Å². The van der Waals surface area contributed by atoms with E-state index in [9.17, 15) is 4.79 Å². The number of hydrogen-bond acceptors (Lipinski definition) is 6. The summed E-state index contributed by atoms with van der Waals surface area (Å²) >= 11 is 0. The molecule has 4 rings (SSSR count). The molecule has 128 valence electrons. The lowest BCUT2D eigenvalue weighted by Gasteiger charge is -2.36. The Balaban J connectivity index is 1.34. The molecule has 0 radical (unpaired) electrons. The molecule has 25 heavy (non-hydrogen) atoms. The van der Waals surface area contributed by atoms with E-state index in [1.165, 1.54) is 0 Å². The number of benzene rings is 1. The lowest BCUT2D eigenvalue weighted by Crippen LogP contribution is -2.49. The Kier molecular flexibility index (Phi) is 4.01. The standard InChI is InChI=1S/C17H18N6O2/c1-2-23-11-14(19-21-23)8-15(24)22-9-13(10-22)17-18-16(20-25-17)12-6-4-3-5-7-12/h3-7,11,13H,2,8-10H2,1H3. The number of aryl methyl sites for hydroxylation is 1. The summed E-state index contributed by atoms with van der Waals surface area (Å²) in [7, 11) is 0. The van der Waals surface area contributed by atoms with Crippen LogP contribution in [-0.2, 0) is 17.8 Å². The third-order valence-electron chi connectivity index (χ3n) is 4.30. The fraction of sp³-hybridized carbons (Fsp3) is 0.353. The zero-order valence-corrected chi connectivity index (χ0v) is 13.9. The van der Waals surface area contributed by atoms with Crippen LogP contribution >= 0.6 is 0 Å². The molecule has 8 nitrogen and oxygen atoms in total. The van der Waals surface area contributed by atoms with Crippen molar-refractivity contribution in [3.05, 3.63) is 48.1 Å². The first kappa shape index (κ1) is 15.5. The fourth-order valence-corrected chi connectivity index (χ4v) is 2.78. The van der Waals surface area contributed by atoms with Crippen molar-refractivity contribution in [1.82, 2.24) is 30.0 Å². The maximum atomic E-state index is 12.3. The molecule has 0 atom stereocenters. The highest BCUT2D eigenvalue weighted by Crippen LogP contribution is 2.28. The molecule has 0 bridgehead atoms. The second-order valence-electron chi connectivity index (χ2n) is 6.06. The monoisotopic (exact) mass is 338 g/mol. The van der Waals surface area contributed by atoms with E-state index >= 15 is 0 Å². The second kappa shape index (κ2) is 6.46. The van der Waals surface area contributed by atoms with Crippen LogP contribution in [0.25, 0.3) is 11.4 Å². The van der Waals surface area contributed by atoms with Gasteiger partial charge in [0.15, 0.2) is 0 Å².